The fourth-order valence-electron chi connectivity index (χ4n) is 4.45. The number of nitrogens with zero attached hydrogens (tertiary/aromatic N) is 5. The first-order chi connectivity index (χ1) is 17.0. The Morgan fingerprint density at radius 3 is 2.61 bits per heavy atom. The van der Waals surface area contributed by atoms with Gasteiger partial charge in [-0.05, 0) is 24.4 Å². The number of imidazole rings is 1. The fraction of sp³-hybridized carbons (Fsp3) is 0.737. The van der Waals surface area contributed by atoms with Gasteiger partial charge in [0.1, 0.15) is 12.2 Å². The van der Waals surface area contributed by atoms with E-state index >= 15 is 4.39 Å². The Bertz CT molecular complexity index is 1180. The summed E-state index contributed by atoms with van der Waals surface area (Å²) in [5, 5.41) is 10.4. The molecular formula is C19H29ClFN5O8P2. The van der Waals surface area contributed by atoms with Crippen LogP contribution in [0.25, 0.3) is 11.2 Å². The van der Waals surface area contributed by atoms with Crippen LogP contribution in [0, 0.1) is 0 Å². The monoisotopic (exact) mass is 571 g/mol. The SMILES string of the molecule is COP(=O)(O)CP(=O)(OC)OC[C@H]1O[C@@H](n2cnc3c(N(C)C4CCCC4)nc(Cl)nc32)[C@@H](F)[C@@H]1O. The molecule has 2 aromatic rings. The molecule has 2 N–H and O–H groups in total. The summed E-state index contributed by atoms with van der Waals surface area (Å²) < 4.78 is 61.1. The van der Waals surface area contributed by atoms with Crippen LogP contribution < -0.4 is 4.90 Å². The van der Waals surface area contributed by atoms with Crippen molar-refractivity contribution in [2.24, 2.45) is 0 Å². The zero-order valence-electron chi connectivity index (χ0n) is 19.9. The van der Waals surface area contributed by atoms with Crippen LogP contribution in [-0.4, -0.2) is 87.7 Å². The molecule has 0 amide bonds. The maximum atomic E-state index is 15.2. The van der Waals surface area contributed by atoms with Gasteiger partial charge in [0, 0.05) is 27.3 Å². The first-order valence-electron chi connectivity index (χ1n) is 11.3. The lowest BCUT2D eigenvalue weighted by atomic mass is 10.1. The summed E-state index contributed by atoms with van der Waals surface area (Å²) >= 11 is 6.19. The average molecular weight is 572 g/mol. The summed E-state index contributed by atoms with van der Waals surface area (Å²) in [5.41, 5.74) is 0.626. The summed E-state index contributed by atoms with van der Waals surface area (Å²) in [5.74, 6) is -0.408. The minimum absolute atomic E-state index is 0.0504. The van der Waals surface area contributed by atoms with Gasteiger partial charge in [0.05, 0.1) is 12.9 Å². The minimum Gasteiger partial charge on any atom is -0.387 e. The van der Waals surface area contributed by atoms with Crippen molar-refractivity contribution >= 4 is 43.8 Å². The van der Waals surface area contributed by atoms with Gasteiger partial charge in [0.15, 0.2) is 35.3 Å². The molecule has 2 unspecified atom stereocenters. The fourth-order valence-corrected chi connectivity index (χ4v) is 8.09. The second-order valence-electron chi connectivity index (χ2n) is 8.74. The first kappa shape index (κ1) is 27.8. The third kappa shape index (κ3) is 5.62. The van der Waals surface area contributed by atoms with Crippen molar-refractivity contribution < 1.29 is 41.8 Å². The Labute approximate surface area is 211 Å². The van der Waals surface area contributed by atoms with E-state index in [-0.39, 0.29) is 17.0 Å². The number of hydrogen-bond acceptors (Lipinski definition) is 11. The molecule has 2 aromatic heterocycles. The van der Waals surface area contributed by atoms with E-state index in [0.717, 1.165) is 39.9 Å². The predicted octanol–water partition coefficient (Wildman–Crippen LogP) is 3.10. The van der Waals surface area contributed by atoms with Crippen molar-refractivity contribution in [2.75, 3.05) is 38.7 Å². The lowest BCUT2D eigenvalue weighted by molar-refractivity contribution is -0.0429. The van der Waals surface area contributed by atoms with Gasteiger partial charge in [-0.2, -0.15) is 9.97 Å². The van der Waals surface area contributed by atoms with Crippen molar-refractivity contribution in [3.8, 4) is 0 Å². The van der Waals surface area contributed by atoms with Gasteiger partial charge in [-0.1, -0.05) is 12.8 Å². The topological polar surface area (TPSA) is 158 Å². The van der Waals surface area contributed by atoms with E-state index in [1.54, 1.807) is 0 Å². The van der Waals surface area contributed by atoms with E-state index in [0.29, 0.717) is 11.3 Å². The molecule has 4 rings (SSSR count). The van der Waals surface area contributed by atoms with Crippen LogP contribution in [0.2, 0.25) is 5.28 Å². The van der Waals surface area contributed by atoms with Crippen LogP contribution in [0.1, 0.15) is 31.9 Å². The van der Waals surface area contributed by atoms with Crippen molar-refractivity contribution in [3.63, 3.8) is 0 Å². The zero-order chi connectivity index (χ0) is 26.3. The molecule has 202 valence electrons. The zero-order valence-corrected chi connectivity index (χ0v) is 22.5. The number of hydrogen-bond donors (Lipinski definition) is 2. The highest BCUT2D eigenvalue weighted by atomic mass is 35.5. The number of aromatic nitrogens is 4. The molecule has 2 aliphatic rings. The van der Waals surface area contributed by atoms with Crippen molar-refractivity contribution in [2.45, 2.75) is 56.3 Å². The lowest BCUT2D eigenvalue weighted by Crippen LogP contribution is -2.31. The van der Waals surface area contributed by atoms with Crippen LogP contribution in [-0.2, 0) is 27.4 Å². The van der Waals surface area contributed by atoms with Crippen molar-refractivity contribution in [1.29, 1.82) is 0 Å². The summed E-state index contributed by atoms with van der Waals surface area (Å²) in [4.78, 5) is 24.5. The second-order valence-corrected chi connectivity index (χ2v) is 13.7. The molecule has 3 heterocycles. The van der Waals surface area contributed by atoms with E-state index in [1.165, 1.54) is 10.9 Å². The summed E-state index contributed by atoms with van der Waals surface area (Å²) in [6.45, 7) is -0.578. The van der Waals surface area contributed by atoms with Crippen LogP contribution in [0.4, 0.5) is 10.2 Å². The standard InChI is InChI=1S/C19H29ClFN5O8P2/c1-25(11-6-4-5-7-11)16-14-17(24-19(20)23-16)26(9-22-14)18-13(21)15(27)12(34-18)8-33-36(30,32-3)10-35(28,29)31-2/h9,11-13,15,18,27H,4-8,10H2,1-3H3,(H,28,29)/t12-,13+,15-,18-,36?/m1/s1. The van der Waals surface area contributed by atoms with Crippen molar-refractivity contribution in [3.05, 3.63) is 11.6 Å². The van der Waals surface area contributed by atoms with Crippen LogP contribution in [0.15, 0.2) is 6.33 Å². The molecule has 0 radical (unpaired) electrons. The molecule has 0 bridgehead atoms. The third-order valence-corrected chi connectivity index (χ3v) is 11.2. The molecule has 13 nitrogen and oxygen atoms in total. The predicted molar refractivity (Wildman–Crippen MR) is 128 cm³/mol. The van der Waals surface area contributed by atoms with Gasteiger partial charge in [0.25, 0.3) is 0 Å². The molecule has 1 aliphatic carbocycles. The van der Waals surface area contributed by atoms with E-state index in [4.69, 9.17) is 25.4 Å². The molecule has 6 atom stereocenters. The van der Waals surface area contributed by atoms with Gasteiger partial charge in [-0.25, -0.2) is 9.37 Å². The van der Waals surface area contributed by atoms with E-state index < -0.39 is 52.3 Å². The first-order valence-corrected chi connectivity index (χ1v) is 15.1. The number of rotatable bonds is 10. The number of aliphatic hydroxyl groups excluding tert-OH is 1. The maximum absolute atomic E-state index is 15.2. The minimum atomic E-state index is -4.24. The lowest BCUT2D eigenvalue weighted by Gasteiger charge is -2.25. The van der Waals surface area contributed by atoms with Gasteiger partial charge < -0.3 is 33.2 Å². The Balaban J connectivity index is 1.55. The highest BCUT2D eigenvalue weighted by Crippen LogP contribution is 2.60. The number of anilines is 1. The number of aliphatic hydroxyl groups is 1. The van der Waals surface area contributed by atoms with Crippen LogP contribution >= 0.6 is 26.8 Å². The van der Waals surface area contributed by atoms with E-state index in [2.05, 4.69) is 19.5 Å². The molecule has 36 heavy (non-hydrogen) atoms. The smallest absolute Gasteiger partial charge is 0.342 e. The molecular weight excluding hydrogens is 543 g/mol. The Kier molecular flexibility index (Phi) is 8.41. The Hall–Kier alpha value is -1.21. The quantitative estimate of drug-likeness (QED) is 0.317. The van der Waals surface area contributed by atoms with Gasteiger partial charge >= 0.3 is 15.2 Å². The van der Waals surface area contributed by atoms with E-state index in [1.807, 2.05) is 11.9 Å². The molecule has 1 saturated heterocycles. The highest BCUT2D eigenvalue weighted by molar-refractivity contribution is 7.70. The maximum Gasteiger partial charge on any atom is 0.342 e. The molecule has 0 aromatic carbocycles. The van der Waals surface area contributed by atoms with Gasteiger partial charge in [-0.15, -0.1) is 0 Å². The average Bonchev–Trinajstić information content (AvgIpc) is 3.58. The number of alkyl halides is 1. The Morgan fingerprint density at radius 1 is 1.28 bits per heavy atom. The van der Waals surface area contributed by atoms with Crippen molar-refractivity contribution in [1.82, 2.24) is 19.5 Å². The van der Waals surface area contributed by atoms with Gasteiger partial charge in [-0.3, -0.25) is 13.7 Å². The summed E-state index contributed by atoms with van der Waals surface area (Å²) in [7, 11) is -4.43. The third-order valence-electron chi connectivity index (χ3n) is 6.50. The van der Waals surface area contributed by atoms with Crippen LogP contribution in [0.5, 0.6) is 0 Å². The summed E-state index contributed by atoms with van der Waals surface area (Å²) in [6.07, 6.45) is -0.641. The van der Waals surface area contributed by atoms with E-state index in [9.17, 15) is 19.1 Å². The molecule has 0 spiro atoms. The van der Waals surface area contributed by atoms with Gasteiger partial charge in [0.2, 0.25) is 5.28 Å². The largest absolute Gasteiger partial charge is 0.387 e. The number of ether oxygens (including phenoxy) is 1. The second kappa shape index (κ2) is 10.9. The summed E-state index contributed by atoms with van der Waals surface area (Å²) in [6, 6.07) is 0.271. The number of fused-ring (bicyclic) bond motifs is 1. The normalized spacial score (nSPS) is 28.4. The molecule has 2 fully saturated rings. The Morgan fingerprint density at radius 2 is 1.97 bits per heavy atom. The highest BCUT2D eigenvalue weighted by Gasteiger charge is 2.47. The molecule has 1 aliphatic heterocycles. The number of halogens is 2. The molecule has 17 heteroatoms. The molecule has 1 saturated carbocycles. The van der Waals surface area contributed by atoms with Crippen LogP contribution in [0.3, 0.4) is 0 Å².